The highest BCUT2D eigenvalue weighted by Crippen LogP contribution is 2.29. The SMILES string of the molecule is Cc1ccc(N2CCN(C(=O)Cc3ccc(C(F)(F)F)cc3)CC2)nn1. The van der Waals surface area contributed by atoms with Crippen LogP contribution in [0.5, 0.6) is 0 Å². The predicted molar refractivity (Wildman–Crippen MR) is 90.7 cm³/mol. The van der Waals surface area contributed by atoms with E-state index in [9.17, 15) is 18.0 Å². The Morgan fingerprint density at radius 2 is 1.65 bits per heavy atom. The molecular formula is C18H19F3N4O. The fourth-order valence-corrected chi connectivity index (χ4v) is 2.84. The van der Waals surface area contributed by atoms with Crippen LogP contribution in [0.3, 0.4) is 0 Å². The van der Waals surface area contributed by atoms with Crippen molar-refractivity contribution in [1.82, 2.24) is 15.1 Å². The van der Waals surface area contributed by atoms with Crippen LogP contribution in [0.1, 0.15) is 16.8 Å². The number of amides is 1. The number of nitrogens with zero attached hydrogens (tertiary/aromatic N) is 4. The molecule has 3 rings (SSSR count). The van der Waals surface area contributed by atoms with Gasteiger partial charge in [0, 0.05) is 26.2 Å². The minimum atomic E-state index is -4.36. The summed E-state index contributed by atoms with van der Waals surface area (Å²) in [5.41, 5.74) is 0.718. The summed E-state index contributed by atoms with van der Waals surface area (Å²) in [4.78, 5) is 16.2. The van der Waals surface area contributed by atoms with Crippen molar-refractivity contribution in [3.05, 3.63) is 53.2 Å². The van der Waals surface area contributed by atoms with Crippen LogP contribution in [0, 0.1) is 6.92 Å². The summed E-state index contributed by atoms with van der Waals surface area (Å²) in [7, 11) is 0. The van der Waals surface area contributed by atoms with E-state index in [0.717, 1.165) is 23.6 Å². The van der Waals surface area contributed by atoms with Gasteiger partial charge in [0.25, 0.3) is 0 Å². The Labute approximate surface area is 149 Å². The van der Waals surface area contributed by atoms with Crippen molar-refractivity contribution in [3.8, 4) is 0 Å². The third kappa shape index (κ3) is 4.30. The highest BCUT2D eigenvalue weighted by atomic mass is 19.4. The van der Waals surface area contributed by atoms with Gasteiger partial charge in [-0.3, -0.25) is 4.79 Å². The van der Waals surface area contributed by atoms with Crippen LogP contribution in [0.4, 0.5) is 19.0 Å². The number of hydrogen-bond acceptors (Lipinski definition) is 4. The number of hydrogen-bond donors (Lipinski definition) is 0. The van der Waals surface area contributed by atoms with E-state index in [1.165, 1.54) is 12.1 Å². The summed E-state index contributed by atoms with van der Waals surface area (Å²) in [6.45, 7) is 4.27. The first kappa shape index (κ1) is 18.2. The first-order valence-electron chi connectivity index (χ1n) is 8.32. The van der Waals surface area contributed by atoms with E-state index in [1.54, 1.807) is 4.90 Å². The molecule has 8 heteroatoms. The maximum absolute atomic E-state index is 12.6. The monoisotopic (exact) mass is 364 g/mol. The largest absolute Gasteiger partial charge is 0.416 e. The Balaban J connectivity index is 1.54. The van der Waals surface area contributed by atoms with Crippen molar-refractivity contribution < 1.29 is 18.0 Å². The normalized spacial score (nSPS) is 15.2. The van der Waals surface area contributed by atoms with Gasteiger partial charge in [-0.1, -0.05) is 12.1 Å². The number of carbonyl (C=O) groups is 1. The Bertz CT molecular complexity index is 752. The van der Waals surface area contributed by atoms with Crippen molar-refractivity contribution in [1.29, 1.82) is 0 Å². The van der Waals surface area contributed by atoms with Crippen LogP contribution in [-0.2, 0) is 17.4 Å². The number of benzene rings is 1. The van der Waals surface area contributed by atoms with Gasteiger partial charge in [0.2, 0.25) is 5.91 Å². The summed E-state index contributed by atoms with van der Waals surface area (Å²) in [5, 5.41) is 8.18. The van der Waals surface area contributed by atoms with Gasteiger partial charge in [0.1, 0.15) is 0 Å². The summed E-state index contributed by atoms with van der Waals surface area (Å²) in [5.74, 6) is 0.699. The van der Waals surface area contributed by atoms with Crippen LogP contribution < -0.4 is 4.90 Å². The first-order chi connectivity index (χ1) is 12.3. The lowest BCUT2D eigenvalue weighted by atomic mass is 10.1. The van der Waals surface area contributed by atoms with E-state index in [4.69, 9.17) is 0 Å². The van der Waals surface area contributed by atoms with Gasteiger partial charge >= 0.3 is 6.18 Å². The summed E-state index contributed by atoms with van der Waals surface area (Å²) in [6.07, 6.45) is -4.26. The van der Waals surface area contributed by atoms with Crippen molar-refractivity contribution in [2.75, 3.05) is 31.1 Å². The van der Waals surface area contributed by atoms with Crippen molar-refractivity contribution in [2.45, 2.75) is 19.5 Å². The number of alkyl halides is 3. The van der Waals surface area contributed by atoms with E-state index in [2.05, 4.69) is 15.1 Å². The number of aromatic nitrogens is 2. The Morgan fingerprint density at radius 3 is 2.19 bits per heavy atom. The Hall–Kier alpha value is -2.64. The lowest BCUT2D eigenvalue weighted by molar-refractivity contribution is -0.137. The first-order valence-corrected chi connectivity index (χ1v) is 8.32. The zero-order chi connectivity index (χ0) is 18.7. The highest BCUT2D eigenvalue weighted by Gasteiger charge is 2.30. The molecule has 2 aromatic rings. The van der Waals surface area contributed by atoms with Gasteiger partial charge in [-0.25, -0.2) is 0 Å². The lowest BCUT2D eigenvalue weighted by Crippen LogP contribution is -2.49. The van der Waals surface area contributed by atoms with Gasteiger partial charge in [0.05, 0.1) is 17.7 Å². The molecule has 0 radical (unpaired) electrons. The van der Waals surface area contributed by atoms with E-state index >= 15 is 0 Å². The molecule has 1 saturated heterocycles. The molecule has 26 heavy (non-hydrogen) atoms. The predicted octanol–water partition coefficient (Wildman–Crippen LogP) is 2.70. The lowest BCUT2D eigenvalue weighted by Gasteiger charge is -2.35. The zero-order valence-corrected chi connectivity index (χ0v) is 14.3. The van der Waals surface area contributed by atoms with Gasteiger partial charge < -0.3 is 9.80 Å². The quantitative estimate of drug-likeness (QED) is 0.840. The molecule has 5 nitrogen and oxygen atoms in total. The zero-order valence-electron chi connectivity index (χ0n) is 14.3. The molecule has 1 aromatic carbocycles. The molecule has 1 amide bonds. The minimum Gasteiger partial charge on any atom is -0.352 e. The fraction of sp³-hybridized carbons (Fsp3) is 0.389. The number of halogens is 3. The average molecular weight is 364 g/mol. The molecule has 2 heterocycles. The second-order valence-electron chi connectivity index (χ2n) is 6.27. The maximum Gasteiger partial charge on any atom is 0.416 e. The number of anilines is 1. The van der Waals surface area contributed by atoms with Gasteiger partial charge in [-0.15, -0.1) is 5.10 Å². The molecule has 1 aliphatic heterocycles. The van der Waals surface area contributed by atoms with E-state index in [-0.39, 0.29) is 12.3 Å². The van der Waals surface area contributed by atoms with Crippen molar-refractivity contribution in [2.24, 2.45) is 0 Å². The molecule has 0 spiro atoms. The van der Waals surface area contributed by atoms with E-state index in [0.29, 0.717) is 31.7 Å². The molecule has 0 saturated carbocycles. The number of carbonyl (C=O) groups excluding carboxylic acids is 1. The number of rotatable bonds is 3. The molecular weight excluding hydrogens is 345 g/mol. The molecule has 0 bridgehead atoms. The molecule has 0 atom stereocenters. The highest BCUT2D eigenvalue weighted by molar-refractivity contribution is 5.79. The summed E-state index contributed by atoms with van der Waals surface area (Å²) in [6, 6.07) is 8.54. The topological polar surface area (TPSA) is 49.3 Å². The molecule has 0 aliphatic carbocycles. The minimum absolute atomic E-state index is 0.0839. The third-order valence-electron chi connectivity index (χ3n) is 4.38. The molecule has 0 N–H and O–H groups in total. The maximum atomic E-state index is 12.6. The Morgan fingerprint density at radius 1 is 1.00 bits per heavy atom. The van der Waals surface area contributed by atoms with Crippen LogP contribution in [0.25, 0.3) is 0 Å². The van der Waals surface area contributed by atoms with Crippen LogP contribution in [0.2, 0.25) is 0 Å². The fourth-order valence-electron chi connectivity index (χ4n) is 2.84. The standard InChI is InChI=1S/C18H19F3N4O/c1-13-2-7-16(23-22-13)24-8-10-25(11-9-24)17(26)12-14-3-5-15(6-4-14)18(19,20)21/h2-7H,8-12H2,1H3. The van der Waals surface area contributed by atoms with Crippen LogP contribution in [-0.4, -0.2) is 47.2 Å². The summed E-state index contributed by atoms with van der Waals surface area (Å²) >= 11 is 0. The van der Waals surface area contributed by atoms with Crippen molar-refractivity contribution >= 4 is 11.7 Å². The second-order valence-corrected chi connectivity index (χ2v) is 6.27. The van der Waals surface area contributed by atoms with E-state index < -0.39 is 11.7 Å². The van der Waals surface area contributed by atoms with Crippen LogP contribution >= 0.6 is 0 Å². The Kier molecular flexibility index (Phi) is 5.11. The molecule has 138 valence electrons. The van der Waals surface area contributed by atoms with Gasteiger partial charge in [-0.05, 0) is 36.8 Å². The summed E-state index contributed by atoms with van der Waals surface area (Å²) < 4.78 is 37.7. The number of aryl methyl sites for hydroxylation is 1. The molecule has 1 fully saturated rings. The second kappa shape index (κ2) is 7.31. The number of piperazine rings is 1. The van der Waals surface area contributed by atoms with Crippen molar-refractivity contribution in [3.63, 3.8) is 0 Å². The van der Waals surface area contributed by atoms with Crippen LogP contribution in [0.15, 0.2) is 36.4 Å². The van der Waals surface area contributed by atoms with E-state index in [1.807, 2.05) is 19.1 Å². The molecule has 0 unspecified atom stereocenters. The van der Waals surface area contributed by atoms with Gasteiger partial charge in [0.15, 0.2) is 5.82 Å². The van der Waals surface area contributed by atoms with Gasteiger partial charge in [-0.2, -0.15) is 18.3 Å². The molecule has 1 aromatic heterocycles. The average Bonchev–Trinajstić information content (AvgIpc) is 2.62. The smallest absolute Gasteiger partial charge is 0.352 e. The third-order valence-corrected chi connectivity index (χ3v) is 4.38. The molecule has 1 aliphatic rings.